The van der Waals surface area contributed by atoms with Gasteiger partial charge in [-0.25, -0.2) is 4.79 Å². The fourth-order valence-electron chi connectivity index (χ4n) is 3.02. The molecule has 3 rings (SSSR count). The van der Waals surface area contributed by atoms with Gasteiger partial charge in [0.05, 0.1) is 6.61 Å². The van der Waals surface area contributed by atoms with Gasteiger partial charge in [-0.1, -0.05) is 0 Å². The number of esters is 1. The number of imide groups is 1. The van der Waals surface area contributed by atoms with Gasteiger partial charge in [0.2, 0.25) is 0 Å². The number of ether oxygens (including phenoxy) is 1. The number of aryl methyl sites for hydroxylation is 1. The molecule has 0 bridgehead atoms. The fourth-order valence-corrected chi connectivity index (χ4v) is 4.02. The van der Waals surface area contributed by atoms with Crippen molar-refractivity contribution >= 4 is 29.2 Å². The topological polar surface area (TPSA) is 75.7 Å². The average molecular weight is 308 g/mol. The molecule has 1 saturated heterocycles. The second-order valence-corrected chi connectivity index (χ2v) is 6.14. The van der Waals surface area contributed by atoms with E-state index in [1.54, 1.807) is 18.3 Å². The lowest BCUT2D eigenvalue weighted by Crippen LogP contribution is -2.46. The third kappa shape index (κ3) is 2.12. The molecule has 21 heavy (non-hydrogen) atoms. The van der Waals surface area contributed by atoms with E-state index in [2.05, 4.69) is 5.32 Å². The first-order chi connectivity index (χ1) is 10.1. The van der Waals surface area contributed by atoms with Gasteiger partial charge in [0.15, 0.2) is 0 Å². The maximum atomic E-state index is 12.7. The maximum Gasteiger partial charge on any atom is 0.326 e. The van der Waals surface area contributed by atoms with Crippen LogP contribution in [0.2, 0.25) is 0 Å². The molecule has 2 aliphatic rings. The zero-order valence-electron chi connectivity index (χ0n) is 11.7. The zero-order valence-corrected chi connectivity index (χ0v) is 12.5. The minimum absolute atomic E-state index is 0.225. The summed E-state index contributed by atoms with van der Waals surface area (Å²) < 4.78 is 4.82. The minimum atomic E-state index is -0.989. The Hall–Kier alpha value is -1.89. The predicted octanol–water partition coefficient (Wildman–Crippen LogP) is 1.39. The predicted molar refractivity (Wildman–Crippen MR) is 75.8 cm³/mol. The molecule has 1 unspecified atom stereocenters. The Labute approximate surface area is 126 Å². The molecule has 6 nitrogen and oxygen atoms in total. The number of urea groups is 1. The average Bonchev–Trinajstić information content (AvgIpc) is 3.01. The monoisotopic (exact) mass is 308 g/mol. The molecule has 1 fully saturated rings. The standard InChI is InChI=1S/C14H16N2O4S/c1-2-20-11(17)8-16-12(18)14(15-13(16)19)6-3-4-10-9(14)5-7-21-10/h5,7H,2-4,6,8H2,1H3,(H,15,19). The molecule has 1 aliphatic heterocycles. The number of hydrogen-bond donors (Lipinski definition) is 1. The van der Waals surface area contributed by atoms with Crippen molar-refractivity contribution in [2.75, 3.05) is 13.2 Å². The first-order valence-corrected chi connectivity index (χ1v) is 7.83. The van der Waals surface area contributed by atoms with Gasteiger partial charge >= 0.3 is 12.0 Å². The Bertz CT molecular complexity index is 612. The van der Waals surface area contributed by atoms with Crippen LogP contribution in [-0.2, 0) is 26.3 Å². The summed E-state index contributed by atoms with van der Waals surface area (Å²) in [5, 5.41) is 4.73. The molecule has 0 saturated carbocycles. The van der Waals surface area contributed by atoms with Crippen LogP contribution in [0.3, 0.4) is 0 Å². The number of nitrogens with zero attached hydrogens (tertiary/aromatic N) is 1. The van der Waals surface area contributed by atoms with Crippen molar-refractivity contribution in [1.82, 2.24) is 10.2 Å². The lowest BCUT2D eigenvalue weighted by atomic mass is 9.80. The summed E-state index contributed by atoms with van der Waals surface area (Å²) in [4.78, 5) is 38.5. The minimum Gasteiger partial charge on any atom is -0.465 e. The van der Waals surface area contributed by atoms with Crippen molar-refractivity contribution in [2.24, 2.45) is 0 Å². The molecule has 1 aromatic heterocycles. The SMILES string of the molecule is CCOC(=O)CN1C(=O)NC2(CCCc3sccc32)C1=O. The molecule has 1 spiro atoms. The Morgan fingerprint density at radius 3 is 3.10 bits per heavy atom. The molecule has 3 amide bonds. The lowest BCUT2D eigenvalue weighted by Gasteiger charge is -2.31. The number of amides is 3. The van der Waals surface area contributed by atoms with Gasteiger partial charge in [-0.05, 0) is 37.6 Å². The van der Waals surface area contributed by atoms with Crippen LogP contribution in [0.5, 0.6) is 0 Å². The maximum absolute atomic E-state index is 12.7. The molecule has 112 valence electrons. The highest BCUT2D eigenvalue weighted by atomic mass is 32.1. The third-order valence-corrected chi connectivity index (χ3v) is 4.91. The van der Waals surface area contributed by atoms with E-state index in [1.807, 2.05) is 11.4 Å². The van der Waals surface area contributed by atoms with E-state index in [9.17, 15) is 14.4 Å². The molecule has 1 aliphatic carbocycles. The number of hydrogen-bond acceptors (Lipinski definition) is 5. The van der Waals surface area contributed by atoms with E-state index in [4.69, 9.17) is 4.74 Å². The number of fused-ring (bicyclic) bond motifs is 2. The van der Waals surface area contributed by atoms with Gasteiger partial charge in [0.1, 0.15) is 12.1 Å². The van der Waals surface area contributed by atoms with Crippen molar-refractivity contribution < 1.29 is 19.1 Å². The Kier molecular flexibility index (Phi) is 3.44. The normalized spacial score (nSPS) is 24.1. The van der Waals surface area contributed by atoms with Crippen LogP contribution >= 0.6 is 11.3 Å². The second-order valence-electron chi connectivity index (χ2n) is 5.14. The summed E-state index contributed by atoms with van der Waals surface area (Å²) >= 11 is 1.60. The first kappa shape index (κ1) is 14.1. The highest BCUT2D eigenvalue weighted by molar-refractivity contribution is 7.10. The molecular weight excluding hydrogens is 292 g/mol. The van der Waals surface area contributed by atoms with E-state index >= 15 is 0 Å². The van der Waals surface area contributed by atoms with Gasteiger partial charge in [-0.2, -0.15) is 0 Å². The smallest absolute Gasteiger partial charge is 0.326 e. The Balaban J connectivity index is 1.89. The Morgan fingerprint density at radius 2 is 2.33 bits per heavy atom. The molecule has 7 heteroatoms. The van der Waals surface area contributed by atoms with Crippen molar-refractivity contribution in [1.29, 1.82) is 0 Å². The largest absolute Gasteiger partial charge is 0.465 e. The molecule has 0 radical (unpaired) electrons. The summed E-state index contributed by atoms with van der Waals surface area (Å²) in [5.74, 6) is -0.917. The van der Waals surface area contributed by atoms with Gasteiger partial charge in [0, 0.05) is 10.4 Å². The number of nitrogens with one attached hydrogen (secondary N) is 1. The van der Waals surface area contributed by atoms with Gasteiger partial charge in [-0.3, -0.25) is 14.5 Å². The molecular formula is C14H16N2O4S. The molecule has 1 aromatic rings. The van der Waals surface area contributed by atoms with E-state index in [0.717, 1.165) is 28.2 Å². The van der Waals surface area contributed by atoms with E-state index < -0.39 is 17.5 Å². The van der Waals surface area contributed by atoms with Crippen molar-refractivity contribution in [2.45, 2.75) is 31.7 Å². The van der Waals surface area contributed by atoms with Gasteiger partial charge in [-0.15, -0.1) is 11.3 Å². The van der Waals surface area contributed by atoms with Crippen molar-refractivity contribution in [3.63, 3.8) is 0 Å². The van der Waals surface area contributed by atoms with Crippen LogP contribution < -0.4 is 5.32 Å². The number of carbonyl (C=O) groups is 3. The van der Waals surface area contributed by atoms with E-state index in [1.165, 1.54) is 0 Å². The second kappa shape index (κ2) is 5.14. The zero-order chi connectivity index (χ0) is 15.0. The number of thiophene rings is 1. The number of carbonyl (C=O) groups excluding carboxylic acids is 3. The highest BCUT2D eigenvalue weighted by Crippen LogP contribution is 2.41. The molecule has 1 N–H and O–H groups in total. The highest BCUT2D eigenvalue weighted by Gasteiger charge is 2.54. The Morgan fingerprint density at radius 1 is 1.52 bits per heavy atom. The van der Waals surface area contributed by atoms with Crippen LogP contribution in [0.15, 0.2) is 11.4 Å². The molecule has 0 aromatic carbocycles. The van der Waals surface area contributed by atoms with E-state index in [0.29, 0.717) is 6.42 Å². The number of rotatable bonds is 3. The molecule has 2 heterocycles. The van der Waals surface area contributed by atoms with Crippen LogP contribution in [0, 0.1) is 0 Å². The van der Waals surface area contributed by atoms with E-state index in [-0.39, 0.29) is 19.1 Å². The van der Waals surface area contributed by atoms with Crippen LogP contribution in [0.25, 0.3) is 0 Å². The third-order valence-electron chi connectivity index (χ3n) is 3.93. The summed E-state index contributed by atoms with van der Waals surface area (Å²) in [6.07, 6.45) is 2.34. The van der Waals surface area contributed by atoms with Crippen molar-refractivity contribution in [3.05, 3.63) is 21.9 Å². The molecule has 1 atom stereocenters. The van der Waals surface area contributed by atoms with Crippen molar-refractivity contribution in [3.8, 4) is 0 Å². The summed E-state index contributed by atoms with van der Waals surface area (Å²) in [7, 11) is 0. The lowest BCUT2D eigenvalue weighted by molar-refractivity contribution is -0.147. The van der Waals surface area contributed by atoms with Crippen LogP contribution in [0.1, 0.15) is 30.2 Å². The summed E-state index contributed by atoms with van der Waals surface area (Å²) in [5.41, 5.74) is -0.111. The van der Waals surface area contributed by atoms with Crippen LogP contribution in [-0.4, -0.2) is 36.0 Å². The first-order valence-electron chi connectivity index (χ1n) is 6.95. The summed E-state index contributed by atoms with van der Waals surface area (Å²) in [6.45, 7) is 1.58. The van der Waals surface area contributed by atoms with Gasteiger partial charge < -0.3 is 10.1 Å². The summed E-state index contributed by atoms with van der Waals surface area (Å²) in [6, 6.07) is 1.37. The fraction of sp³-hybridized carbons (Fsp3) is 0.500. The quantitative estimate of drug-likeness (QED) is 0.676. The van der Waals surface area contributed by atoms with Gasteiger partial charge in [0.25, 0.3) is 5.91 Å². The van der Waals surface area contributed by atoms with Crippen LogP contribution in [0.4, 0.5) is 4.79 Å².